The zero-order valence-corrected chi connectivity index (χ0v) is 16.8. The quantitative estimate of drug-likeness (QED) is 0.596. The van der Waals surface area contributed by atoms with Gasteiger partial charge in [-0.05, 0) is 61.1 Å². The van der Waals surface area contributed by atoms with Crippen LogP contribution in [0.1, 0.15) is 41.1 Å². The van der Waals surface area contributed by atoms with Crippen molar-refractivity contribution in [2.45, 2.75) is 45.2 Å². The lowest BCUT2D eigenvalue weighted by Crippen LogP contribution is -2.30. The van der Waals surface area contributed by atoms with Crippen LogP contribution in [0.5, 0.6) is 0 Å². The number of fused-ring (bicyclic) bond motifs is 1. The van der Waals surface area contributed by atoms with Gasteiger partial charge in [0.25, 0.3) is 0 Å². The fourth-order valence-corrected chi connectivity index (χ4v) is 4.14. The lowest BCUT2D eigenvalue weighted by atomic mass is 10.1. The Labute approximate surface area is 169 Å². The molecular formula is C22H24ClN3O2. The van der Waals surface area contributed by atoms with E-state index in [1.807, 2.05) is 53.0 Å². The summed E-state index contributed by atoms with van der Waals surface area (Å²) in [6.45, 7) is 0.963. The van der Waals surface area contributed by atoms with E-state index in [4.69, 9.17) is 16.0 Å². The van der Waals surface area contributed by atoms with Crippen molar-refractivity contribution in [1.82, 2.24) is 14.7 Å². The molecule has 3 aromatic rings. The van der Waals surface area contributed by atoms with Gasteiger partial charge < -0.3 is 9.32 Å². The van der Waals surface area contributed by atoms with Gasteiger partial charge in [-0.2, -0.15) is 5.10 Å². The molecule has 0 bridgehead atoms. The van der Waals surface area contributed by atoms with Crippen molar-refractivity contribution in [1.29, 1.82) is 0 Å². The minimum absolute atomic E-state index is 0.0915. The van der Waals surface area contributed by atoms with Gasteiger partial charge in [0.2, 0.25) is 5.91 Å². The SMILES string of the molecule is Cn1nc(CN(Cc2ccco2)C(=O)CCc2cccc(Cl)c2)c2c1CCC2. The van der Waals surface area contributed by atoms with Crippen LogP contribution < -0.4 is 0 Å². The molecule has 1 aromatic carbocycles. The van der Waals surface area contributed by atoms with E-state index >= 15 is 0 Å². The Bertz CT molecular complexity index is 962. The van der Waals surface area contributed by atoms with E-state index in [9.17, 15) is 4.79 Å². The first-order valence-corrected chi connectivity index (χ1v) is 10.1. The van der Waals surface area contributed by atoms with Crippen LogP contribution in [0.15, 0.2) is 47.1 Å². The number of halogens is 1. The maximum absolute atomic E-state index is 13.1. The Morgan fingerprint density at radius 2 is 2.14 bits per heavy atom. The Morgan fingerprint density at radius 1 is 1.25 bits per heavy atom. The van der Waals surface area contributed by atoms with Crippen LogP contribution in [0.2, 0.25) is 5.02 Å². The van der Waals surface area contributed by atoms with Gasteiger partial charge in [0.15, 0.2) is 0 Å². The highest BCUT2D eigenvalue weighted by Gasteiger charge is 2.24. The number of hydrogen-bond donors (Lipinski definition) is 0. The average molecular weight is 398 g/mol. The number of benzene rings is 1. The molecule has 28 heavy (non-hydrogen) atoms. The van der Waals surface area contributed by atoms with Crippen molar-refractivity contribution in [3.05, 3.63) is 76.0 Å². The average Bonchev–Trinajstić information content (AvgIpc) is 3.40. The van der Waals surface area contributed by atoms with E-state index in [2.05, 4.69) is 5.10 Å². The summed E-state index contributed by atoms with van der Waals surface area (Å²) >= 11 is 6.06. The summed E-state index contributed by atoms with van der Waals surface area (Å²) in [5.74, 6) is 0.873. The minimum Gasteiger partial charge on any atom is -0.467 e. The van der Waals surface area contributed by atoms with Gasteiger partial charge in [-0.25, -0.2) is 0 Å². The van der Waals surface area contributed by atoms with E-state index in [1.54, 1.807) is 6.26 Å². The second kappa shape index (κ2) is 8.23. The normalized spacial score (nSPS) is 12.9. The molecule has 1 aliphatic carbocycles. The van der Waals surface area contributed by atoms with E-state index in [1.165, 1.54) is 11.3 Å². The summed E-state index contributed by atoms with van der Waals surface area (Å²) in [6.07, 6.45) is 6.01. The number of carbonyl (C=O) groups is 1. The molecule has 0 radical (unpaired) electrons. The van der Waals surface area contributed by atoms with E-state index < -0.39 is 0 Å². The topological polar surface area (TPSA) is 51.3 Å². The summed E-state index contributed by atoms with van der Waals surface area (Å²) in [4.78, 5) is 14.9. The highest BCUT2D eigenvalue weighted by atomic mass is 35.5. The van der Waals surface area contributed by atoms with Gasteiger partial charge in [-0.3, -0.25) is 9.48 Å². The largest absolute Gasteiger partial charge is 0.467 e. The zero-order valence-electron chi connectivity index (χ0n) is 16.0. The molecule has 0 fully saturated rings. The fourth-order valence-electron chi connectivity index (χ4n) is 3.93. The predicted molar refractivity (Wildman–Crippen MR) is 108 cm³/mol. The number of nitrogens with zero attached hydrogens (tertiary/aromatic N) is 3. The van der Waals surface area contributed by atoms with Crippen LogP contribution in [-0.4, -0.2) is 20.6 Å². The van der Waals surface area contributed by atoms with E-state index in [-0.39, 0.29) is 5.91 Å². The molecule has 146 valence electrons. The summed E-state index contributed by atoms with van der Waals surface area (Å²) in [5, 5.41) is 5.38. The van der Waals surface area contributed by atoms with Crippen LogP contribution in [0.3, 0.4) is 0 Å². The maximum Gasteiger partial charge on any atom is 0.223 e. The molecule has 1 amide bonds. The molecule has 0 spiro atoms. The molecule has 0 saturated heterocycles. The number of rotatable bonds is 7. The molecule has 6 heteroatoms. The summed E-state index contributed by atoms with van der Waals surface area (Å²) in [5.41, 5.74) is 4.70. The molecule has 2 aromatic heterocycles. The van der Waals surface area contributed by atoms with Crippen LogP contribution in [0, 0.1) is 0 Å². The summed E-state index contributed by atoms with van der Waals surface area (Å²) < 4.78 is 7.46. The van der Waals surface area contributed by atoms with Gasteiger partial charge in [-0.15, -0.1) is 0 Å². The lowest BCUT2D eigenvalue weighted by molar-refractivity contribution is -0.132. The Kier molecular flexibility index (Phi) is 5.53. The fraction of sp³-hybridized carbons (Fsp3) is 0.364. The van der Waals surface area contributed by atoms with Gasteiger partial charge in [0.1, 0.15) is 5.76 Å². The van der Waals surface area contributed by atoms with E-state index in [0.29, 0.717) is 31.0 Å². The van der Waals surface area contributed by atoms with Gasteiger partial charge >= 0.3 is 0 Å². The molecule has 0 N–H and O–H groups in total. The third-order valence-electron chi connectivity index (χ3n) is 5.34. The van der Waals surface area contributed by atoms with Crippen molar-refractivity contribution in [2.24, 2.45) is 7.05 Å². The molecule has 0 saturated carbocycles. The highest BCUT2D eigenvalue weighted by Crippen LogP contribution is 2.26. The van der Waals surface area contributed by atoms with Crippen molar-refractivity contribution in [3.8, 4) is 0 Å². The van der Waals surface area contributed by atoms with Gasteiger partial charge in [-0.1, -0.05) is 23.7 Å². The minimum atomic E-state index is 0.0915. The Morgan fingerprint density at radius 3 is 2.93 bits per heavy atom. The number of aryl methyl sites for hydroxylation is 2. The predicted octanol–water partition coefficient (Wildman–Crippen LogP) is 4.32. The zero-order chi connectivity index (χ0) is 19.5. The Balaban J connectivity index is 1.50. The number of aromatic nitrogens is 2. The lowest BCUT2D eigenvalue weighted by Gasteiger charge is -2.21. The second-order valence-electron chi connectivity index (χ2n) is 7.31. The van der Waals surface area contributed by atoms with Crippen molar-refractivity contribution in [3.63, 3.8) is 0 Å². The first-order chi connectivity index (χ1) is 13.6. The second-order valence-corrected chi connectivity index (χ2v) is 7.74. The van der Waals surface area contributed by atoms with Crippen LogP contribution in [0.4, 0.5) is 0 Å². The van der Waals surface area contributed by atoms with Crippen molar-refractivity contribution in [2.75, 3.05) is 0 Å². The van der Waals surface area contributed by atoms with Gasteiger partial charge in [0.05, 0.1) is 25.0 Å². The molecule has 1 aliphatic rings. The van der Waals surface area contributed by atoms with Gasteiger partial charge in [0, 0.05) is 24.2 Å². The monoisotopic (exact) mass is 397 g/mol. The molecule has 4 rings (SSSR count). The third-order valence-corrected chi connectivity index (χ3v) is 5.57. The molecular weight excluding hydrogens is 374 g/mol. The molecule has 2 heterocycles. The summed E-state index contributed by atoms with van der Waals surface area (Å²) in [6, 6.07) is 11.4. The smallest absolute Gasteiger partial charge is 0.223 e. The third kappa shape index (κ3) is 4.14. The number of hydrogen-bond acceptors (Lipinski definition) is 3. The molecule has 0 aliphatic heterocycles. The summed E-state index contributed by atoms with van der Waals surface area (Å²) in [7, 11) is 1.99. The number of amides is 1. The van der Waals surface area contributed by atoms with E-state index in [0.717, 1.165) is 36.3 Å². The first kappa shape index (κ1) is 18.8. The van der Waals surface area contributed by atoms with Crippen molar-refractivity contribution < 1.29 is 9.21 Å². The molecule has 0 atom stereocenters. The standard InChI is InChI=1S/C22H24ClN3O2/c1-25-21-9-3-8-19(21)20(24-25)15-26(14-18-7-4-12-28-18)22(27)11-10-16-5-2-6-17(23)13-16/h2,4-7,12-13H,3,8-11,14-15H2,1H3. The maximum atomic E-state index is 13.1. The van der Waals surface area contributed by atoms with Crippen molar-refractivity contribution >= 4 is 17.5 Å². The molecule has 0 unspecified atom stereocenters. The number of carbonyl (C=O) groups excluding carboxylic acids is 1. The number of furan rings is 1. The first-order valence-electron chi connectivity index (χ1n) is 9.68. The highest BCUT2D eigenvalue weighted by molar-refractivity contribution is 6.30. The van der Waals surface area contributed by atoms with Crippen LogP contribution in [0.25, 0.3) is 0 Å². The molecule has 5 nitrogen and oxygen atoms in total. The van der Waals surface area contributed by atoms with Crippen LogP contribution in [-0.2, 0) is 44.2 Å². The van der Waals surface area contributed by atoms with Crippen LogP contribution >= 0.6 is 11.6 Å². The Hall–Kier alpha value is -2.53.